The molecule has 0 spiro atoms. The van der Waals surface area contributed by atoms with Gasteiger partial charge in [0, 0.05) is 12.4 Å². The molecule has 0 atom stereocenters. The van der Waals surface area contributed by atoms with Gasteiger partial charge in [-0.15, -0.1) is 0 Å². The normalized spacial score (nSPS) is 10.3. The summed E-state index contributed by atoms with van der Waals surface area (Å²) in [6.07, 6.45) is 3.34. The number of esters is 1. The van der Waals surface area contributed by atoms with Crippen molar-refractivity contribution in [2.24, 2.45) is 0 Å². The zero-order valence-electron chi connectivity index (χ0n) is 7.68. The smallest absolute Gasteiger partial charge is 0.351 e. The molecule has 78 valence electrons. The Kier molecular flexibility index (Phi) is 2.70. The van der Waals surface area contributed by atoms with Crippen LogP contribution in [0.4, 0.5) is 0 Å². The Morgan fingerprint density at radius 2 is 2.47 bits per heavy atom. The molecule has 0 saturated carbocycles. The largest absolute Gasteiger partial charge is 0.465 e. The molecular weight excluding hydrogens is 238 g/mol. The third kappa shape index (κ3) is 1.86. The second-order valence-corrected chi connectivity index (χ2v) is 3.89. The second-order valence-electron chi connectivity index (χ2n) is 2.56. The van der Waals surface area contributed by atoms with Gasteiger partial charge in [-0.05, 0) is 6.07 Å². The van der Waals surface area contributed by atoms with Gasteiger partial charge in [0.15, 0.2) is 10.0 Å². The van der Waals surface area contributed by atoms with Crippen molar-refractivity contribution in [3.05, 3.63) is 28.5 Å². The van der Waals surface area contributed by atoms with E-state index in [1.165, 1.54) is 11.8 Å². The number of hydrogen-bond donors (Lipinski definition) is 0. The second kappa shape index (κ2) is 4.00. The molecule has 2 aromatic rings. The molecule has 0 bridgehead atoms. The van der Waals surface area contributed by atoms with E-state index in [-0.39, 0.29) is 10.0 Å². The van der Waals surface area contributed by atoms with E-state index in [9.17, 15) is 4.79 Å². The molecule has 15 heavy (non-hydrogen) atoms. The number of carbonyl (C=O) groups is 1. The Labute approximate surface area is 94.3 Å². The van der Waals surface area contributed by atoms with Gasteiger partial charge in [-0.1, -0.05) is 22.9 Å². The van der Waals surface area contributed by atoms with E-state index < -0.39 is 5.97 Å². The molecule has 0 fully saturated rings. The Morgan fingerprint density at radius 3 is 3.07 bits per heavy atom. The lowest BCUT2D eigenvalue weighted by atomic mass is 10.6. The van der Waals surface area contributed by atoms with E-state index in [0.29, 0.717) is 5.13 Å². The summed E-state index contributed by atoms with van der Waals surface area (Å²) in [4.78, 5) is 15.5. The zero-order chi connectivity index (χ0) is 10.8. The average molecular weight is 244 g/mol. The molecule has 0 saturated heterocycles. The van der Waals surface area contributed by atoms with Crippen LogP contribution in [0.5, 0.6) is 0 Å². The van der Waals surface area contributed by atoms with Gasteiger partial charge in [-0.3, -0.25) is 0 Å². The Hall–Kier alpha value is -1.40. The van der Waals surface area contributed by atoms with Crippen LogP contribution in [0.25, 0.3) is 5.13 Å². The van der Waals surface area contributed by atoms with Crippen LogP contribution < -0.4 is 0 Å². The first-order valence-electron chi connectivity index (χ1n) is 3.97. The van der Waals surface area contributed by atoms with Crippen LogP contribution >= 0.6 is 22.9 Å². The van der Waals surface area contributed by atoms with E-state index in [1.807, 2.05) is 0 Å². The fourth-order valence-corrected chi connectivity index (χ4v) is 2.13. The highest BCUT2D eigenvalue weighted by Crippen LogP contribution is 2.25. The van der Waals surface area contributed by atoms with Crippen LogP contribution in [0.15, 0.2) is 18.5 Å². The summed E-state index contributed by atoms with van der Waals surface area (Å²) in [5.74, 6) is -0.490. The summed E-state index contributed by atoms with van der Waals surface area (Å²) < 4.78 is 6.10. The fraction of sp³-hybridized carbons (Fsp3) is 0.125. The minimum atomic E-state index is -0.490. The van der Waals surface area contributed by atoms with Gasteiger partial charge in [0.25, 0.3) is 0 Å². The van der Waals surface area contributed by atoms with Gasteiger partial charge >= 0.3 is 5.97 Å². The molecule has 0 aliphatic heterocycles. The van der Waals surface area contributed by atoms with E-state index in [0.717, 1.165) is 11.3 Å². The van der Waals surface area contributed by atoms with Gasteiger partial charge < -0.3 is 4.74 Å². The van der Waals surface area contributed by atoms with Crippen molar-refractivity contribution in [1.29, 1.82) is 0 Å². The van der Waals surface area contributed by atoms with Gasteiger partial charge in [0.05, 0.1) is 7.11 Å². The van der Waals surface area contributed by atoms with Crippen LogP contribution in [0.3, 0.4) is 0 Å². The number of rotatable bonds is 2. The molecule has 0 amide bonds. The van der Waals surface area contributed by atoms with Gasteiger partial charge in [-0.25, -0.2) is 14.5 Å². The predicted octanol–water partition coefficient (Wildman–Crippen LogP) is 1.77. The number of ether oxygens (including phenoxy) is 1. The highest BCUT2D eigenvalue weighted by Gasteiger charge is 2.17. The van der Waals surface area contributed by atoms with Crippen molar-refractivity contribution in [2.45, 2.75) is 0 Å². The summed E-state index contributed by atoms with van der Waals surface area (Å²) in [6.45, 7) is 0. The maximum Gasteiger partial charge on any atom is 0.351 e. The summed E-state index contributed by atoms with van der Waals surface area (Å²) in [6, 6.07) is 1.76. The quantitative estimate of drug-likeness (QED) is 0.755. The minimum Gasteiger partial charge on any atom is -0.465 e. The number of hydrogen-bond acceptors (Lipinski definition) is 5. The van der Waals surface area contributed by atoms with Crippen LogP contribution in [0, 0.1) is 0 Å². The van der Waals surface area contributed by atoms with Crippen LogP contribution in [0.2, 0.25) is 5.15 Å². The topological polar surface area (TPSA) is 57.0 Å². The third-order valence-corrected chi connectivity index (χ3v) is 3.06. The monoisotopic (exact) mass is 243 g/mol. The summed E-state index contributed by atoms with van der Waals surface area (Å²) in [5.41, 5.74) is 0. The van der Waals surface area contributed by atoms with Crippen LogP contribution in [-0.4, -0.2) is 27.8 Å². The SMILES string of the molecule is COC(=O)c1sc(-n2cccn2)nc1Cl. The van der Waals surface area contributed by atoms with Crippen molar-refractivity contribution >= 4 is 28.9 Å². The summed E-state index contributed by atoms with van der Waals surface area (Å²) in [7, 11) is 1.30. The maximum absolute atomic E-state index is 11.3. The van der Waals surface area contributed by atoms with E-state index in [4.69, 9.17) is 11.6 Å². The lowest BCUT2D eigenvalue weighted by molar-refractivity contribution is 0.0606. The summed E-state index contributed by atoms with van der Waals surface area (Å²) in [5, 5.41) is 4.65. The molecule has 5 nitrogen and oxygen atoms in total. The Bertz CT molecular complexity index is 480. The number of methoxy groups -OCH3 is 1. The first-order chi connectivity index (χ1) is 7.22. The van der Waals surface area contributed by atoms with Crippen LogP contribution in [-0.2, 0) is 4.74 Å². The molecule has 2 aromatic heterocycles. The Morgan fingerprint density at radius 1 is 1.67 bits per heavy atom. The fourth-order valence-electron chi connectivity index (χ4n) is 0.990. The highest BCUT2D eigenvalue weighted by molar-refractivity contribution is 7.16. The molecule has 2 heterocycles. The first kappa shape index (κ1) is 10.1. The molecule has 0 aromatic carbocycles. The average Bonchev–Trinajstić information content (AvgIpc) is 2.84. The molecule has 0 N–H and O–H groups in total. The van der Waals surface area contributed by atoms with Crippen LogP contribution in [0.1, 0.15) is 9.67 Å². The molecule has 0 unspecified atom stereocenters. The molecule has 2 rings (SSSR count). The number of aromatic nitrogens is 3. The number of thiazole rings is 1. The van der Waals surface area contributed by atoms with E-state index >= 15 is 0 Å². The van der Waals surface area contributed by atoms with Crippen molar-refractivity contribution in [1.82, 2.24) is 14.8 Å². The van der Waals surface area contributed by atoms with Crippen molar-refractivity contribution in [2.75, 3.05) is 7.11 Å². The van der Waals surface area contributed by atoms with Crippen molar-refractivity contribution in [3.63, 3.8) is 0 Å². The van der Waals surface area contributed by atoms with E-state index in [2.05, 4.69) is 14.8 Å². The van der Waals surface area contributed by atoms with Crippen molar-refractivity contribution in [3.8, 4) is 5.13 Å². The lowest BCUT2D eigenvalue weighted by Gasteiger charge is -1.92. The number of nitrogens with zero attached hydrogens (tertiary/aromatic N) is 3. The lowest BCUT2D eigenvalue weighted by Crippen LogP contribution is -1.98. The molecular formula is C8H6ClN3O2S. The Balaban J connectivity index is 2.41. The third-order valence-electron chi connectivity index (χ3n) is 1.65. The summed E-state index contributed by atoms with van der Waals surface area (Å²) >= 11 is 6.93. The standard InChI is InChI=1S/C8H6ClN3O2S/c1-14-7(13)5-6(9)11-8(15-5)12-4-2-3-10-12/h2-4H,1H3. The predicted molar refractivity (Wildman–Crippen MR) is 55.6 cm³/mol. The molecule has 0 radical (unpaired) electrons. The molecule has 0 aliphatic rings. The number of carbonyl (C=O) groups excluding carboxylic acids is 1. The van der Waals surface area contributed by atoms with Crippen molar-refractivity contribution < 1.29 is 9.53 Å². The number of halogens is 1. The first-order valence-corrected chi connectivity index (χ1v) is 5.16. The maximum atomic E-state index is 11.3. The zero-order valence-corrected chi connectivity index (χ0v) is 9.25. The molecule has 7 heteroatoms. The molecule has 0 aliphatic carbocycles. The minimum absolute atomic E-state index is 0.136. The van der Waals surface area contributed by atoms with Gasteiger partial charge in [0.1, 0.15) is 0 Å². The van der Waals surface area contributed by atoms with Gasteiger partial charge in [-0.2, -0.15) is 5.10 Å². The van der Waals surface area contributed by atoms with E-state index in [1.54, 1.807) is 18.5 Å². The van der Waals surface area contributed by atoms with Gasteiger partial charge in [0.2, 0.25) is 5.13 Å². The highest BCUT2D eigenvalue weighted by atomic mass is 35.5.